The number of benzene rings is 2. The maximum atomic E-state index is 12.6. The molecule has 0 radical (unpaired) electrons. The van der Waals surface area contributed by atoms with E-state index in [1.165, 1.54) is 5.56 Å². The molecule has 0 unspecified atom stereocenters. The number of carbonyl (C=O) groups is 1. The molecule has 0 aliphatic carbocycles. The topological polar surface area (TPSA) is 73.6 Å². The summed E-state index contributed by atoms with van der Waals surface area (Å²) in [5.41, 5.74) is 8.00. The Balaban J connectivity index is 0.00000261. The number of para-hydroxylation sites is 1. The van der Waals surface area contributed by atoms with E-state index in [2.05, 4.69) is 17.4 Å². The minimum Gasteiger partial charge on any atom is -0.494 e. The third-order valence-electron chi connectivity index (χ3n) is 5.02. The first kappa shape index (κ1) is 21.1. The molecule has 6 heteroatoms. The van der Waals surface area contributed by atoms with Crippen LogP contribution >= 0.6 is 12.4 Å². The Morgan fingerprint density at radius 1 is 1.15 bits per heavy atom. The number of halogens is 1. The molecule has 0 aromatic heterocycles. The highest BCUT2D eigenvalue weighted by atomic mass is 35.5. The van der Waals surface area contributed by atoms with Gasteiger partial charge in [-0.05, 0) is 49.6 Å². The summed E-state index contributed by atoms with van der Waals surface area (Å²) < 4.78 is 11.1. The van der Waals surface area contributed by atoms with Crippen molar-refractivity contribution < 1.29 is 14.3 Å². The van der Waals surface area contributed by atoms with Crippen LogP contribution in [0.4, 0.5) is 5.69 Å². The molecule has 1 amide bonds. The summed E-state index contributed by atoms with van der Waals surface area (Å²) in [6.45, 7) is 4.55. The summed E-state index contributed by atoms with van der Waals surface area (Å²) >= 11 is 0. The van der Waals surface area contributed by atoms with Gasteiger partial charge in [0, 0.05) is 30.9 Å². The fraction of sp³-hybridized carbons (Fsp3) is 0.381. The number of anilines is 1. The van der Waals surface area contributed by atoms with Crippen LogP contribution in [0.3, 0.4) is 0 Å². The first-order valence-electron chi connectivity index (χ1n) is 9.08. The van der Waals surface area contributed by atoms with E-state index in [1.807, 2.05) is 31.2 Å². The maximum Gasteiger partial charge on any atom is 0.253 e. The first-order valence-corrected chi connectivity index (χ1v) is 9.08. The van der Waals surface area contributed by atoms with Crippen LogP contribution in [0.2, 0.25) is 0 Å². The Bertz CT molecular complexity index is 743. The molecule has 3 N–H and O–H groups in total. The highest BCUT2D eigenvalue weighted by Gasteiger charge is 2.35. The average Bonchev–Trinajstić information content (AvgIpc) is 2.68. The highest BCUT2D eigenvalue weighted by Crippen LogP contribution is 2.35. The lowest BCUT2D eigenvalue weighted by Gasteiger charge is -2.38. The molecule has 2 aromatic rings. The Hall–Kier alpha value is -2.24. The van der Waals surface area contributed by atoms with Crippen LogP contribution in [0.15, 0.2) is 48.5 Å². The quantitative estimate of drug-likeness (QED) is 0.739. The number of nitrogens with one attached hydrogen (secondary N) is 1. The van der Waals surface area contributed by atoms with Crippen molar-refractivity contribution in [1.82, 2.24) is 5.32 Å². The number of nitrogen functional groups attached to an aromatic ring is 1. The summed E-state index contributed by atoms with van der Waals surface area (Å²) in [6.07, 6.45) is 1.73. The normalized spacial score (nSPS) is 15.4. The van der Waals surface area contributed by atoms with E-state index in [4.69, 9.17) is 15.2 Å². The van der Waals surface area contributed by atoms with Crippen LogP contribution in [-0.2, 0) is 10.2 Å². The van der Waals surface area contributed by atoms with Crippen molar-refractivity contribution in [3.8, 4) is 5.75 Å². The molecule has 1 aliphatic heterocycles. The number of carbonyl (C=O) groups excluding carboxylic acids is 1. The van der Waals surface area contributed by atoms with Gasteiger partial charge in [0.2, 0.25) is 0 Å². The lowest BCUT2D eigenvalue weighted by Crippen LogP contribution is -2.44. The van der Waals surface area contributed by atoms with E-state index in [1.54, 1.807) is 12.1 Å². The van der Waals surface area contributed by atoms with E-state index in [0.29, 0.717) is 37.6 Å². The van der Waals surface area contributed by atoms with Gasteiger partial charge in [0.25, 0.3) is 5.91 Å². The smallest absolute Gasteiger partial charge is 0.253 e. The lowest BCUT2D eigenvalue weighted by atomic mass is 9.74. The van der Waals surface area contributed by atoms with E-state index in [0.717, 1.165) is 18.6 Å². The minimum atomic E-state index is -0.139. The van der Waals surface area contributed by atoms with Crippen molar-refractivity contribution in [3.63, 3.8) is 0 Å². The minimum absolute atomic E-state index is 0. The first-order chi connectivity index (χ1) is 12.6. The van der Waals surface area contributed by atoms with Crippen molar-refractivity contribution in [2.75, 3.05) is 32.1 Å². The van der Waals surface area contributed by atoms with Gasteiger partial charge in [-0.2, -0.15) is 0 Å². The van der Waals surface area contributed by atoms with E-state index in [-0.39, 0.29) is 23.7 Å². The second-order valence-corrected chi connectivity index (χ2v) is 6.62. The molecule has 1 heterocycles. The summed E-state index contributed by atoms with van der Waals surface area (Å²) in [6, 6.07) is 15.3. The van der Waals surface area contributed by atoms with Crippen LogP contribution in [0.25, 0.3) is 0 Å². The Morgan fingerprint density at radius 2 is 1.81 bits per heavy atom. The summed E-state index contributed by atoms with van der Waals surface area (Å²) in [7, 11) is 0. The van der Waals surface area contributed by atoms with Gasteiger partial charge >= 0.3 is 0 Å². The standard InChI is InChI=1S/C21H26N2O3.ClH/c1-2-26-17-9-7-16(8-10-17)21(11-13-25-14-12-21)15-23-20(24)18-5-3-4-6-19(18)22;/h3-10H,2,11-15,22H2,1H3,(H,23,24);1H. The monoisotopic (exact) mass is 390 g/mol. The Kier molecular flexibility index (Phi) is 7.51. The number of nitrogens with two attached hydrogens (primary N) is 1. The Labute approximate surface area is 166 Å². The van der Waals surface area contributed by atoms with Gasteiger partial charge in [0.1, 0.15) is 5.75 Å². The van der Waals surface area contributed by atoms with Gasteiger partial charge in [0.05, 0.1) is 12.2 Å². The Morgan fingerprint density at radius 3 is 2.44 bits per heavy atom. The summed E-state index contributed by atoms with van der Waals surface area (Å²) in [5.74, 6) is 0.722. The van der Waals surface area contributed by atoms with E-state index in [9.17, 15) is 4.79 Å². The molecule has 1 aliphatic rings. The molecular weight excluding hydrogens is 364 g/mol. The molecule has 1 saturated heterocycles. The van der Waals surface area contributed by atoms with Crippen molar-refractivity contribution in [1.29, 1.82) is 0 Å². The second-order valence-electron chi connectivity index (χ2n) is 6.62. The van der Waals surface area contributed by atoms with Crippen molar-refractivity contribution in [2.24, 2.45) is 0 Å². The molecule has 0 saturated carbocycles. The molecule has 146 valence electrons. The van der Waals surface area contributed by atoms with E-state index < -0.39 is 0 Å². The zero-order valence-electron chi connectivity index (χ0n) is 15.6. The molecule has 0 bridgehead atoms. The molecule has 3 rings (SSSR count). The van der Waals surface area contributed by atoms with Gasteiger partial charge in [-0.1, -0.05) is 24.3 Å². The predicted molar refractivity (Wildman–Crippen MR) is 110 cm³/mol. The lowest BCUT2D eigenvalue weighted by molar-refractivity contribution is 0.0487. The number of hydrogen-bond donors (Lipinski definition) is 2. The summed E-state index contributed by atoms with van der Waals surface area (Å²) in [5, 5.41) is 3.08. The number of amides is 1. The largest absolute Gasteiger partial charge is 0.494 e. The zero-order valence-corrected chi connectivity index (χ0v) is 16.4. The van der Waals surface area contributed by atoms with Crippen LogP contribution < -0.4 is 15.8 Å². The van der Waals surface area contributed by atoms with Gasteiger partial charge < -0.3 is 20.5 Å². The van der Waals surface area contributed by atoms with E-state index >= 15 is 0 Å². The average molecular weight is 391 g/mol. The molecule has 27 heavy (non-hydrogen) atoms. The second kappa shape index (κ2) is 9.62. The molecule has 2 aromatic carbocycles. The fourth-order valence-electron chi connectivity index (χ4n) is 3.45. The molecular formula is C21H27ClN2O3. The van der Waals surface area contributed by atoms with Gasteiger partial charge in [-0.3, -0.25) is 4.79 Å². The molecule has 1 fully saturated rings. The van der Waals surface area contributed by atoms with Crippen molar-refractivity contribution >= 4 is 24.0 Å². The number of rotatable bonds is 6. The number of ether oxygens (including phenoxy) is 2. The van der Waals surface area contributed by atoms with Crippen molar-refractivity contribution in [3.05, 3.63) is 59.7 Å². The maximum absolute atomic E-state index is 12.6. The van der Waals surface area contributed by atoms with Crippen molar-refractivity contribution in [2.45, 2.75) is 25.2 Å². The molecule has 0 spiro atoms. The highest BCUT2D eigenvalue weighted by molar-refractivity contribution is 5.99. The number of hydrogen-bond acceptors (Lipinski definition) is 4. The SMILES string of the molecule is CCOc1ccc(C2(CNC(=O)c3ccccc3N)CCOCC2)cc1.Cl. The molecule has 0 atom stereocenters. The third kappa shape index (κ3) is 4.93. The van der Waals surface area contributed by atoms with Gasteiger partial charge in [0.15, 0.2) is 0 Å². The summed E-state index contributed by atoms with van der Waals surface area (Å²) in [4.78, 5) is 12.6. The fourth-order valence-corrected chi connectivity index (χ4v) is 3.45. The zero-order chi connectivity index (χ0) is 18.4. The van der Waals surface area contributed by atoms with Crippen LogP contribution in [0.5, 0.6) is 5.75 Å². The third-order valence-corrected chi connectivity index (χ3v) is 5.02. The van der Waals surface area contributed by atoms with Crippen LogP contribution in [0, 0.1) is 0 Å². The predicted octanol–water partition coefficient (Wildman–Crippen LogP) is 3.57. The van der Waals surface area contributed by atoms with Gasteiger partial charge in [-0.15, -0.1) is 12.4 Å². The van der Waals surface area contributed by atoms with Gasteiger partial charge in [-0.25, -0.2) is 0 Å². The van der Waals surface area contributed by atoms with Crippen LogP contribution in [0.1, 0.15) is 35.7 Å². The molecule has 5 nitrogen and oxygen atoms in total. The van der Waals surface area contributed by atoms with Crippen LogP contribution in [-0.4, -0.2) is 32.3 Å².